The molecule has 2 rings (SSSR count). The normalized spacial score (nSPS) is 17.0. The summed E-state index contributed by atoms with van der Waals surface area (Å²) < 4.78 is 5.17. The number of amides is 1. The Hall–Kier alpha value is -2.34. The Kier molecular flexibility index (Phi) is 15.8. The number of carbonyl (C=O) groups excluding carboxylic acids is 1. The second-order valence-corrected chi connectivity index (χ2v) is 8.81. The van der Waals surface area contributed by atoms with Crippen molar-refractivity contribution in [3.8, 4) is 0 Å². The number of hydrogen-bond acceptors (Lipinski definition) is 4. The number of carbonyl (C=O) groups is 1. The smallest absolute Gasteiger partial charge is 0.227 e. The summed E-state index contributed by atoms with van der Waals surface area (Å²) in [5, 5.41) is 3.81. The Balaban J connectivity index is 0.00000298. The Bertz CT molecular complexity index is 877. The zero-order chi connectivity index (χ0) is 26.1. The highest BCUT2D eigenvalue weighted by Crippen LogP contribution is 2.23. The van der Waals surface area contributed by atoms with E-state index in [-0.39, 0.29) is 18.4 Å². The number of unbranched alkanes of at least 4 members (excludes halogenated alkanes) is 1. The van der Waals surface area contributed by atoms with Crippen molar-refractivity contribution in [3.63, 3.8) is 0 Å². The molecule has 0 aromatic heterocycles. The van der Waals surface area contributed by atoms with Gasteiger partial charge in [-0.2, -0.15) is 0 Å². The number of nitrogens with two attached hydrogens (primary N) is 1. The third kappa shape index (κ3) is 11.3. The number of hydrogen-bond donors (Lipinski definition) is 2. The number of ether oxygens (including phenoxy) is 1. The summed E-state index contributed by atoms with van der Waals surface area (Å²) in [6, 6.07) is 6.09. The lowest BCUT2D eigenvalue weighted by atomic mass is 9.96. The van der Waals surface area contributed by atoms with Crippen LogP contribution in [0.3, 0.4) is 0 Å². The molecule has 35 heavy (non-hydrogen) atoms. The Labute approximate surface area is 217 Å². The molecule has 1 aromatic rings. The standard InChI is InChI=1S/C27H38ClN3O2.C2H6/c1-4-5-14-31(20-25-16-22(7-6-15-33-3)10-11-26(25)28)27(32)24(18-29)17-23-9-8-21(2)12-13-30-19-23;1-2/h8-13,16,19,24,30H,2,4-7,14-15,17-18,20,29H2,1,3H3;1-2H3/b9-8-,13-12-,23-19+;. The molecule has 0 spiro atoms. The molecule has 0 aliphatic carbocycles. The Morgan fingerprint density at radius 3 is 2.69 bits per heavy atom. The summed E-state index contributed by atoms with van der Waals surface area (Å²) >= 11 is 6.53. The van der Waals surface area contributed by atoms with Gasteiger partial charge in [-0.25, -0.2) is 0 Å². The van der Waals surface area contributed by atoms with Crippen LogP contribution in [0.15, 0.2) is 66.6 Å². The third-order valence-corrected chi connectivity index (χ3v) is 6.04. The van der Waals surface area contributed by atoms with Crippen LogP contribution in [0.1, 0.15) is 57.6 Å². The van der Waals surface area contributed by atoms with Gasteiger partial charge >= 0.3 is 0 Å². The number of nitrogens with zero attached hydrogens (tertiary/aromatic N) is 1. The summed E-state index contributed by atoms with van der Waals surface area (Å²) in [6.45, 7) is 12.3. The van der Waals surface area contributed by atoms with E-state index in [1.807, 2.05) is 61.5 Å². The molecular weight excluding hydrogens is 458 g/mol. The van der Waals surface area contributed by atoms with Gasteiger partial charge in [-0.1, -0.05) is 69.7 Å². The van der Waals surface area contributed by atoms with Gasteiger partial charge in [0.15, 0.2) is 0 Å². The molecule has 6 heteroatoms. The van der Waals surface area contributed by atoms with Gasteiger partial charge in [0.2, 0.25) is 5.91 Å². The molecular formula is C29H44ClN3O2. The van der Waals surface area contributed by atoms with Crippen molar-refractivity contribution in [1.82, 2.24) is 10.2 Å². The number of rotatable bonds is 13. The van der Waals surface area contributed by atoms with E-state index in [4.69, 9.17) is 22.1 Å². The molecule has 1 aliphatic heterocycles. The molecule has 3 N–H and O–H groups in total. The minimum atomic E-state index is -0.306. The van der Waals surface area contributed by atoms with Gasteiger partial charge in [0.25, 0.3) is 0 Å². The van der Waals surface area contributed by atoms with Gasteiger partial charge in [0.1, 0.15) is 0 Å². The lowest BCUT2D eigenvalue weighted by Gasteiger charge is -2.28. The first-order chi connectivity index (χ1) is 17.0. The number of methoxy groups -OCH3 is 1. The van der Waals surface area contributed by atoms with Crippen molar-refractivity contribution in [2.75, 3.05) is 26.8 Å². The third-order valence-electron chi connectivity index (χ3n) is 5.67. The highest BCUT2D eigenvalue weighted by atomic mass is 35.5. The topological polar surface area (TPSA) is 67.6 Å². The van der Waals surface area contributed by atoms with Crippen LogP contribution in [0.5, 0.6) is 0 Å². The summed E-state index contributed by atoms with van der Waals surface area (Å²) in [5.41, 5.74) is 10.2. The van der Waals surface area contributed by atoms with Gasteiger partial charge < -0.3 is 20.7 Å². The van der Waals surface area contributed by atoms with Gasteiger partial charge in [-0.15, -0.1) is 0 Å². The van der Waals surface area contributed by atoms with Crippen molar-refractivity contribution < 1.29 is 9.53 Å². The number of nitrogens with one attached hydrogen (secondary N) is 1. The van der Waals surface area contributed by atoms with E-state index in [2.05, 4.69) is 24.9 Å². The predicted octanol–water partition coefficient (Wildman–Crippen LogP) is 6.15. The molecule has 0 radical (unpaired) electrons. The van der Waals surface area contributed by atoms with Gasteiger partial charge in [-0.05, 0) is 60.1 Å². The van der Waals surface area contributed by atoms with Crippen LogP contribution in [0.2, 0.25) is 5.02 Å². The maximum absolute atomic E-state index is 13.6. The number of aryl methyl sites for hydroxylation is 1. The van der Waals surface area contributed by atoms with Crippen LogP contribution >= 0.6 is 11.6 Å². The second kappa shape index (κ2) is 18.0. The molecule has 0 bridgehead atoms. The SMILES string of the molecule is C=C1/C=C\N/C=C(CC(CN)C(=O)N(CCCC)Cc2cc(CCCOC)ccc2Cl)\C=C/1.CC. The lowest BCUT2D eigenvalue weighted by Crippen LogP contribution is -2.39. The summed E-state index contributed by atoms with van der Waals surface area (Å²) in [7, 11) is 1.71. The largest absolute Gasteiger partial charge is 0.385 e. The maximum atomic E-state index is 13.6. The Morgan fingerprint density at radius 2 is 2.00 bits per heavy atom. The molecule has 5 nitrogen and oxygen atoms in total. The molecule has 0 saturated carbocycles. The van der Waals surface area contributed by atoms with Crippen molar-refractivity contribution in [1.29, 1.82) is 0 Å². The average molecular weight is 502 g/mol. The van der Waals surface area contributed by atoms with E-state index < -0.39 is 0 Å². The van der Waals surface area contributed by atoms with E-state index >= 15 is 0 Å². The van der Waals surface area contributed by atoms with E-state index in [0.29, 0.717) is 24.5 Å². The molecule has 1 unspecified atom stereocenters. The van der Waals surface area contributed by atoms with Gasteiger partial charge in [0, 0.05) is 50.8 Å². The highest BCUT2D eigenvalue weighted by molar-refractivity contribution is 6.31. The molecule has 0 saturated heterocycles. The number of allylic oxidation sites excluding steroid dienone is 5. The molecule has 1 atom stereocenters. The van der Waals surface area contributed by atoms with E-state index in [1.165, 1.54) is 5.56 Å². The summed E-state index contributed by atoms with van der Waals surface area (Å²) in [5.74, 6) is -0.239. The lowest BCUT2D eigenvalue weighted by molar-refractivity contribution is -0.135. The zero-order valence-electron chi connectivity index (χ0n) is 22.0. The fourth-order valence-corrected chi connectivity index (χ4v) is 3.89. The summed E-state index contributed by atoms with van der Waals surface area (Å²) in [4.78, 5) is 15.5. The Morgan fingerprint density at radius 1 is 1.23 bits per heavy atom. The van der Waals surface area contributed by atoms with Crippen molar-refractivity contribution in [2.45, 2.75) is 59.4 Å². The van der Waals surface area contributed by atoms with E-state index in [9.17, 15) is 4.79 Å². The fraction of sp³-hybridized carbons (Fsp3) is 0.483. The van der Waals surface area contributed by atoms with E-state index in [1.54, 1.807) is 7.11 Å². The molecule has 1 amide bonds. The van der Waals surface area contributed by atoms with Crippen LogP contribution in [-0.4, -0.2) is 37.6 Å². The highest BCUT2D eigenvalue weighted by Gasteiger charge is 2.24. The first-order valence-electron chi connectivity index (χ1n) is 12.7. The van der Waals surface area contributed by atoms with Crippen molar-refractivity contribution in [3.05, 3.63) is 82.7 Å². The number of benzene rings is 1. The first-order valence-corrected chi connectivity index (χ1v) is 13.1. The molecule has 1 heterocycles. The van der Waals surface area contributed by atoms with E-state index in [0.717, 1.165) is 49.0 Å². The van der Waals surface area contributed by atoms with Crippen molar-refractivity contribution in [2.24, 2.45) is 11.7 Å². The van der Waals surface area contributed by atoms with Crippen LogP contribution < -0.4 is 11.1 Å². The minimum absolute atomic E-state index is 0.0672. The predicted molar refractivity (Wildman–Crippen MR) is 149 cm³/mol. The first kappa shape index (κ1) is 30.7. The van der Waals surface area contributed by atoms with Crippen LogP contribution in [-0.2, 0) is 22.5 Å². The molecule has 1 aromatic carbocycles. The van der Waals surface area contributed by atoms with Crippen LogP contribution in [0.4, 0.5) is 0 Å². The average Bonchev–Trinajstić information content (AvgIpc) is 2.86. The monoisotopic (exact) mass is 501 g/mol. The van der Waals surface area contributed by atoms with Gasteiger partial charge in [-0.3, -0.25) is 4.79 Å². The quantitative estimate of drug-likeness (QED) is 0.318. The second-order valence-electron chi connectivity index (χ2n) is 8.40. The van der Waals surface area contributed by atoms with Gasteiger partial charge in [0.05, 0.1) is 5.92 Å². The maximum Gasteiger partial charge on any atom is 0.227 e. The van der Waals surface area contributed by atoms with Crippen LogP contribution in [0.25, 0.3) is 0 Å². The zero-order valence-corrected chi connectivity index (χ0v) is 22.7. The fourth-order valence-electron chi connectivity index (χ4n) is 3.72. The summed E-state index contributed by atoms with van der Waals surface area (Å²) in [6.07, 6.45) is 13.9. The minimum Gasteiger partial charge on any atom is -0.385 e. The molecule has 1 aliphatic rings. The number of halogens is 1. The van der Waals surface area contributed by atoms with Crippen molar-refractivity contribution >= 4 is 17.5 Å². The molecule has 0 fully saturated rings. The van der Waals surface area contributed by atoms with Crippen LogP contribution in [0, 0.1) is 5.92 Å². The molecule has 194 valence electrons.